The van der Waals surface area contributed by atoms with Crippen LogP contribution in [0.4, 0.5) is 5.69 Å². The van der Waals surface area contributed by atoms with Crippen LogP contribution in [0.3, 0.4) is 0 Å². The van der Waals surface area contributed by atoms with Crippen molar-refractivity contribution in [1.82, 2.24) is 10.2 Å². The lowest BCUT2D eigenvalue weighted by molar-refractivity contribution is -0.135. The van der Waals surface area contributed by atoms with Crippen LogP contribution in [0, 0.1) is 0 Å². The number of hydrogen-bond acceptors (Lipinski definition) is 7. The molecule has 1 aromatic carbocycles. The van der Waals surface area contributed by atoms with Gasteiger partial charge in [-0.15, -0.1) is 0 Å². The second-order valence-electron chi connectivity index (χ2n) is 7.26. The Morgan fingerprint density at radius 3 is 2.30 bits per heavy atom. The monoisotopic (exact) mass is 463 g/mol. The van der Waals surface area contributed by atoms with Crippen molar-refractivity contribution in [3.8, 4) is 0 Å². The van der Waals surface area contributed by atoms with Gasteiger partial charge in [-0.1, -0.05) is 19.6 Å². The molecule has 0 bridgehead atoms. The number of carbonyl (C=O) groups excluding carboxylic acids is 4. The van der Waals surface area contributed by atoms with Gasteiger partial charge >= 0.3 is 0 Å². The van der Waals surface area contributed by atoms with Crippen molar-refractivity contribution in [2.45, 2.75) is 33.6 Å². The molecular weight excluding hydrogens is 426 g/mol. The number of rotatable bonds is 15. The molecule has 0 fully saturated rings. The summed E-state index contributed by atoms with van der Waals surface area (Å²) in [5, 5.41) is 2.91. The topological polar surface area (TPSA) is 105 Å². The third-order valence-corrected chi connectivity index (χ3v) is 4.77. The molecule has 9 heteroatoms. The first-order valence-corrected chi connectivity index (χ1v) is 10.4. The number of amides is 2. The lowest BCUT2D eigenvalue weighted by Crippen LogP contribution is -2.36. The smallest absolute Gasteiger partial charge is 0.293 e. The molecule has 0 unspecified atom stereocenters. The van der Waals surface area contributed by atoms with E-state index in [2.05, 4.69) is 10.1 Å². The standard InChI is InChI=1S/C23H33N3O6.CH4/c1-18(24-2)14-21(28)15-19-6-8-20(9-7-19)26(4)23(30)16-22(29)25(3)10-13-31-11-5-12-32-17-27;/h6-9,14,17,24H,5,10-13,15-16H2,1-4H3;1H4/b18-14-;. The van der Waals surface area contributed by atoms with Crippen LogP contribution in [0.1, 0.15) is 32.8 Å². The zero-order valence-corrected chi connectivity index (χ0v) is 19.3. The molecule has 184 valence electrons. The highest BCUT2D eigenvalue weighted by molar-refractivity contribution is 6.04. The van der Waals surface area contributed by atoms with E-state index in [1.165, 1.54) is 9.80 Å². The number of ether oxygens (including phenoxy) is 2. The predicted octanol–water partition coefficient (Wildman–Crippen LogP) is 1.95. The Balaban J connectivity index is 0.0000102. The van der Waals surface area contributed by atoms with Gasteiger partial charge in [-0.25, -0.2) is 0 Å². The largest absolute Gasteiger partial charge is 0.468 e. The maximum Gasteiger partial charge on any atom is 0.293 e. The number of carbonyl (C=O) groups is 4. The number of hydrogen-bond donors (Lipinski definition) is 1. The van der Waals surface area contributed by atoms with Crippen LogP contribution in [0.2, 0.25) is 0 Å². The summed E-state index contributed by atoms with van der Waals surface area (Å²) in [5.74, 6) is -0.644. The van der Waals surface area contributed by atoms with E-state index in [0.717, 1.165) is 11.3 Å². The second-order valence-corrected chi connectivity index (χ2v) is 7.26. The van der Waals surface area contributed by atoms with E-state index in [9.17, 15) is 19.2 Å². The molecule has 1 aromatic rings. The Kier molecular flexibility index (Phi) is 14.8. The van der Waals surface area contributed by atoms with E-state index >= 15 is 0 Å². The van der Waals surface area contributed by atoms with Gasteiger partial charge in [0.2, 0.25) is 11.8 Å². The summed E-state index contributed by atoms with van der Waals surface area (Å²) < 4.78 is 9.93. The van der Waals surface area contributed by atoms with Gasteiger partial charge in [-0.3, -0.25) is 19.2 Å². The number of ketones is 1. The zero-order valence-electron chi connectivity index (χ0n) is 19.3. The quantitative estimate of drug-likeness (QED) is 0.183. The van der Waals surface area contributed by atoms with E-state index in [1.54, 1.807) is 51.5 Å². The highest BCUT2D eigenvalue weighted by atomic mass is 16.5. The molecule has 0 spiro atoms. The first-order chi connectivity index (χ1) is 15.3. The fraction of sp³-hybridized carbons (Fsp3) is 0.500. The van der Waals surface area contributed by atoms with Crippen LogP contribution >= 0.6 is 0 Å². The third kappa shape index (κ3) is 11.8. The van der Waals surface area contributed by atoms with Gasteiger partial charge in [0.05, 0.1) is 13.2 Å². The Hall–Kier alpha value is -3.20. The number of nitrogens with zero attached hydrogens (tertiary/aromatic N) is 2. The van der Waals surface area contributed by atoms with Crippen molar-refractivity contribution in [2.24, 2.45) is 0 Å². The van der Waals surface area contributed by atoms with E-state index in [4.69, 9.17) is 4.74 Å². The number of likely N-dealkylation sites (N-methyl/N-ethyl adjacent to an activating group) is 1. The fourth-order valence-corrected chi connectivity index (χ4v) is 2.65. The van der Waals surface area contributed by atoms with Gasteiger partial charge in [0.1, 0.15) is 6.42 Å². The SMILES string of the molecule is C.CN/C(C)=C\C(=O)Cc1ccc(N(C)C(=O)CC(=O)N(C)CCOCCCOC=O)cc1. The molecule has 0 saturated carbocycles. The average molecular weight is 464 g/mol. The van der Waals surface area contributed by atoms with Crippen LogP contribution in [-0.4, -0.2) is 76.5 Å². The first kappa shape index (κ1) is 29.8. The number of allylic oxidation sites excluding steroid dienone is 2. The highest BCUT2D eigenvalue weighted by Gasteiger charge is 2.18. The van der Waals surface area contributed by atoms with Crippen molar-refractivity contribution in [3.63, 3.8) is 0 Å². The lowest BCUT2D eigenvalue weighted by Gasteiger charge is -2.21. The Bertz CT molecular complexity index is 792. The van der Waals surface area contributed by atoms with Crippen LogP contribution in [-0.2, 0) is 35.1 Å². The predicted molar refractivity (Wildman–Crippen MR) is 128 cm³/mol. The summed E-state index contributed by atoms with van der Waals surface area (Å²) >= 11 is 0. The second kappa shape index (κ2) is 16.4. The molecule has 0 aliphatic rings. The molecule has 1 rings (SSSR count). The summed E-state index contributed by atoms with van der Waals surface area (Å²) in [7, 11) is 4.98. The van der Waals surface area contributed by atoms with Crippen molar-refractivity contribution in [2.75, 3.05) is 52.4 Å². The van der Waals surface area contributed by atoms with E-state index in [1.807, 2.05) is 6.92 Å². The van der Waals surface area contributed by atoms with Gasteiger partial charge in [0.15, 0.2) is 5.78 Å². The number of benzene rings is 1. The molecule has 0 aliphatic heterocycles. The van der Waals surface area contributed by atoms with Gasteiger partial charge in [0.25, 0.3) is 6.47 Å². The van der Waals surface area contributed by atoms with Gasteiger partial charge in [0, 0.05) is 64.6 Å². The van der Waals surface area contributed by atoms with Crippen molar-refractivity contribution in [1.29, 1.82) is 0 Å². The Morgan fingerprint density at radius 1 is 1.03 bits per heavy atom. The molecule has 0 aromatic heterocycles. The van der Waals surface area contributed by atoms with Crippen molar-refractivity contribution >= 4 is 29.8 Å². The molecule has 0 saturated heterocycles. The maximum atomic E-state index is 12.5. The molecule has 33 heavy (non-hydrogen) atoms. The Morgan fingerprint density at radius 2 is 1.70 bits per heavy atom. The van der Waals surface area contributed by atoms with Crippen LogP contribution in [0.15, 0.2) is 36.0 Å². The van der Waals surface area contributed by atoms with Crippen LogP contribution < -0.4 is 10.2 Å². The minimum atomic E-state index is -0.329. The van der Waals surface area contributed by atoms with Crippen LogP contribution in [0.25, 0.3) is 0 Å². The summed E-state index contributed by atoms with van der Waals surface area (Å²) in [6, 6.07) is 7.10. The summed E-state index contributed by atoms with van der Waals surface area (Å²) in [6.45, 7) is 3.61. The molecule has 0 atom stereocenters. The van der Waals surface area contributed by atoms with Crippen molar-refractivity contribution in [3.05, 3.63) is 41.6 Å². The van der Waals surface area contributed by atoms with Gasteiger partial charge in [-0.2, -0.15) is 0 Å². The van der Waals surface area contributed by atoms with Gasteiger partial charge in [-0.05, 0) is 24.6 Å². The third-order valence-electron chi connectivity index (χ3n) is 4.77. The summed E-state index contributed by atoms with van der Waals surface area (Å²) in [5.41, 5.74) is 2.28. The van der Waals surface area contributed by atoms with E-state index < -0.39 is 0 Å². The zero-order chi connectivity index (χ0) is 23.9. The summed E-state index contributed by atoms with van der Waals surface area (Å²) in [6.07, 6.45) is 2.15. The number of anilines is 1. The molecule has 0 heterocycles. The molecule has 0 radical (unpaired) electrons. The normalized spacial score (nSPS) is 10.6. The average Bonchev–Trinajstić information content (AvgIpc) is 2.77. The maximum absolute atomic E-state index is 12.5. The molecule has 1 N–H and O–H groups in total. The molecule has 2 amide bonds. The summed E-state index contributed by atoms with van der Waals surface area (Å²) in [4.78, 5) is 49.7. The minimum Gasteiger partial charge on any atom is -0.468 e. The van der Waals surface area contributed by atoms with Crippen LogP contribution in [0.5, 0.6) is 0 Å². The van der Waals surface area contributed by atoms with Gasteiger partial charge < -0.3 is 24.6 Å². The number of nitrogens with one attached hydrogen (secondary N) is 1. The molecule has 0 aliphatic carbocycles. The Labute approximate surface area is 196 Å². The first-order valence-electron chi connectivity index (χ1n) is 10.4. The lowest BCUT2D eigenvalue weighted by atomic mass is 10.1. The van der Waals surface area contributed by atoms with E-state index in [-0.39, 0.29) is 37.9 Å². The molecular formula is C24H37N3O6. The fourth-order valence-electron chi connectivity index (χ4n) is 2.65. The highest BCUT2D eigenvalue weighted by Crippen LogP contribution is 2.16. The molecule has 9 nitrogen and oxygen atoms in total. The van der Waals surface area contributed by atoms with Crippen molar-refractivity contribution < 1.29 is 28.7 Å². The van der Waals surface area contributed by atoms with E-state index in [0.29, 0.717) is 44.9 Å². The minimum absolute atomic E-state index is 0.